The maximum absolute atomic E-state index is 8.74. The molecule has 0 aromatic rings. The van der Waals surface area contributed by atoms with Crippen LogP contribution in [0.25, 0.3) is 0 Å². The van der Waals surface area contributed by atoms with Gasteiger partial charge in [-0.05, 0) is 11.0 Å². The van der Waals surface area contributed by atoms with Gasteiger partial charge in [-0.2, -0.15) is 0 Å². The minimum absolute atomic E-state index is 0. The molecule has 6 N–H and O–H groups in total. The van der Waals surface area contributed by atoms with E-state index in [1.807, 2.05) is 0 Å². The lowest BCUT2D eigenvalue weighted by atomic mass is 15.8. The quantitative estimate of drug-likeness (QED) is 0.334. The van der Waals surface area contributed by atoms with Crippen molar-refractivity contribution < 1.29 is 25.0 Å². The normalized spacial score (nSPS) is 3.43. The molecule has 0 bridgehead atoms. The summed E-state index contributed by atoms with van der Waals surface area (Å²) in [6, 6.07) is 0. The highest BCUT2D eigenvalue weighted by molar-refractivity contribution is 6.22. The molecule has 0 aliphatic heterocycles. The summed E-state index contributed by atoms with van der Waals surface area (Å²) in [5, 5.41) is 0. The first-order valence-corrected chi connectivity index (χ1v) is 1.95. The second-order valence-corrected chi connectivity index (χ2v) is 0.848. The number of rotatable bonds is 0. The highest BCUT2D eigenvalue weighted by Gasteiger charge is 1.85. The first kappa shape index (κ1) is 29.5. The molecule has 0 amide bonds. The molecule has 0 fully saturated rings. The third-order valence-electron chi connectivity index (χ3n) is 0. The molecule has 0 aromatic heterocycles. The second-order valence-electron chi connectivity index (χ2n) is 0.283. The second kappa shape index (κ2) is 17.1. The van der Waals surface area contributed by atoms with Gasteiger partial charge in [-0.25, -0.2) is 0 Å². The van der Waals surface area contributed by atoms with Gasteiger partial charge in [0.05, 0.1) is 0 Å². The molecule has 0 aliphatic carbocycles. The lowest BCUT2D eigenvalue weighted by Crippen LogP contribution is -1.90. The van der Waals surface area contributed by atoms with E-state index in [-0.39, 0.29) is 21.9 Å². The molecular weight excluding hydrogens is 136 g/mol. The van der Waals surface area contributed by atoms with Crippen LogP contribution in [0, 0.1) is 0 Å². The van der Waals surface area contributed by atoms with Crippen LogP contribution in [-0.4, -0.2) is 40.7 Å². The Kier molecular flexibility index (Phi) is 72.2. The molecule has 5 nitrogen and oxygen atoms in total. The van der Waals surface area contributed by atoms with E-state index in [0.29, 0.717) is 0 Å². The van der Waals surface area contributed by atoms with Gasteiger partial charge in [0, 0.05) is 0 Å². The minimum atomic E-state index is -3.13. The third-order valence-corrected chi connectivity index (χ3v) is 0. The van der Waals surface area contributed by atoms with Crippen molar-refractivity contribution in [3.05, 3.63) is 0 Å². The van der Waals surface area contributed by atoms with E-state index in [1.165, 1.54) is 0 Å². The zero-order valence-electron chi connectivity index (χ0n) is 2.80. The molecule has 7 heavy (non-hydrogen) atoms. The predicted octanol–water partition coefficient (Wildman–Crippen LogP) is -4.71. The molecule has 0 unspecified atom stereocenters. The molecule has 0 aliphatic rings. The van der Waals surface area contributed by atoms with Gasteiger partial charge in [0.1, 0.15) is 0 Å². The van der Waals surface area contributed by atoms with Crippen molar-refractivity contribution in [1.29, 1.82) is 0 Å². The van der Waals surface area contributed by atoms with Crippen LogP contribution in [0.1, 0.15) is 0 Å². The Morgan fingerprint density at radius 2 is 1.14 bits per heavy atom. The zero-order chi connectivity index (χ0) is 3.58. The SMILES string of the molecule is O.O.O=[Si](O)O.[SiH4]. The maximum Gasteiger partial charge on any atom is 0.761 e. The molecule has 0 atom stereocenters. The summed E-state index contributed by atoms with van der Waals surface area (Å²) in [6.45, 7) is 0. The topological polar surface area (TPSA) is 121 Å². The number of hydrogen-bond donors (Lipinski definition) is 2. The Bertz CT molecular complexity index is 29.1. The average molecular weight is 146 g/mol. The van der Waals surface area contributed by atoms with E-state index >= 15 is 0 Å². The highest BCUT2D eigenvalue weighted by atomic mass is 28.3. The molecular formula is H10O5Si2. The zero-order valence-corrected chi connectivity index (χ0v) is 3.80. The lowest BCUT2D eigenvalue weighted by Gasteiger charge is -1.55. The molecule has 0 saturated heterocycles. The van der Waals surface area contributed by atoms with Crippen molar-refractivity contribution in [1.82, 2.24) is 0 Å². The standard InChI is InChI=1S/H2O3Si.2H2O.H4Si/c1-4(2)3;;;/h1-2H;2*1H2;1H4. The van der Waals surface area contributed by atoms with Crippen molar-refractivity contribution >= 4 is 20.1 Å². The molecule has 0 saturated carbocycles. The first-order valence-electron chi connectivity index (χ1n) is 0.651. The molecule has 0 radical (unpaired) electrons. The van der Waals surface area contributed by atoms with Crippen molar-refractivity contribution in [2.75, 3.05) is 0 Å². The van der Waals surface area contributed by atoms with Crippen molar-refractivity contribution in [3.8, 4) is 0 Å². The molecule has 48 valence electrons. The van der Waals surface area contributed by atoms with Crippen LogP contribution >= 0.6 is 0 Å². The minimum Gasteiger partial charge on any atom is -0.511 e. The summed E-state index contributed by atoms with van der Waals surface area (Å²) in [5.74, 6) is 0. The summed E-state index contributed by atoms with van der Waals surface area (Å²) in [4.78, 5) is 14.3. The van der Waals surface area contributed by atoms with Gasteiger partial charge in [0.15, 0.2) is 0 Å². The Morgan fingerprint density at radius 3 is 1.14 bits per heavy atom. The monoisotopic (exact) mass is 146 g/mol. The van der Waals surface area contributed by atoms with E-state index in [9.17, 15) is 0 Å². The fourth-order valence-electron chi connectivity index (χ4n) is 0. The van der Waals surface area contributed by atoms with E-state index in [1.54, 1.807) is 0 Å². The first-order chi connectivity index (χ1) is 1.73. The Labute approximate surface area is 46.1 Å². The fraction of sp³-hybridized carbons (Fsp3) is 0. The summed E-state index contributed by atoms with van der Waals surface area (Å²) >= 11 is 0. The van der Waals surface area contributed by atoms with Gasteiger partial charge < -0.3 is 20.5 Å². The van der Waals surface area contributed by atoms with Crippen LogP contribution in [-0.2, 0) is 4.46 Å². The predicted molar refractivity (Wildman–Crippen MR) is 29.4 cm³/mol. The van der Waals surface area contributed by atoms with E-state index in [4.69, 9.17) is 14.1 Å². The molecule has 0 spiro atoms. The lowest BCUT2D eigenvalue weighted by molar-refractivity contribution is 0.330. The summed E-state index contributed by atoms with van der Waals surface area (Å²) in [6.07, 6.45) is 0. The smallest absolute Gasteiger partial charge is 0.511 e. The van der Waals surface area contributed by atoms with Crippen LogP contribution in [0.5, 0.6) is 0 Å². The third kappa shape index (κ3) is 1340. The number of hydrogen-bond acceptors (Lipinski definition) is 1. The molecule has 0 aromatic carbocycles. The van der Waals surface area contributed by atoms with E-state index in [2.05, 4.69) is 0 Å². The maximum atomic E-state index is 8.74. The van der Waals surface area contributed by atoms with Gasteiger partial charge in [-0.15, -0.1) is 0 Å². The van der Waals surface area contributed by atoms with E-state index in [0.717, 1.165) is 0 Å². The van der Waals surface area contributed by atoms with Crippen molar-refractivity contribution in [3.63, 3.8) is 0 Å². The molecule has 7 heteroatoms. The van der Waals surface area contributed by atoms with Gasteiger partial charge in [0.2, 0.25) is 0 Å². The molecule has 0 rings (SSSR count). The van der Waals surface area contributed by atoms with Crippen LogP contribution in [0.2, 0.25) is 0 Å². The largest absolute Gasteiger partial charge is 0.761 e. The fourth-order valence-corrected chi connectivity index (χ4v) is 0. The van der Waals surface area contributed by atoms with Gasteiger partial charge >= 0.3 is 9.17 Å². The van der Waals surface area contributed by atoms with Gasteiger partial charge in [0.25, 0.3) is 0 Å². The van der Waals surface area contributed by atoms with Gasteiger partial charge in [-0.3, -0.25) is 4.46 Å². The van der Waals surface area contributed by atoms with Crippen LogP contribution in [0.4, 0.5) is 0 Å². The Hall–Kier alpha value is -0.246. The summed E-state index contributed by atoms with van der Waals surface area (Å²) in [7, 11) is -3.13. The van der Waals surface area contributed by atoms with Gasteiger partial charge in [-0.1, -0.05) is 0 Å². The average Bonchev–Trinajstić information content (AvgIpc) is 0.811. The molecule has 0 heterocycles. The van der Waals surface area contributed by atoms with E-state index < -0.39 is 9.17 Å². The van der Waals surface area contributed by atoms with Crippen molar-refractivity contribution in [2.45, 2.75) is 0 Å². The van der Waals surface area contributed by atoms with Crippen LogP contribution < -0.4 is 0 Å². The Morgan fingerprint density at radius 1 is 1.14 bits per heavy atom. The summed E-state index contributed by atoms with van der Waals surface area (Å²) < 4.78 is 8.74. The highest BCUT2D eigenvalue weighted by Crippen LogP contribution is 1.27. The summed E-state index contributed by atoms with van der Waals surface area (Å²) in [5.41, 5.74) is 0. The Balaban J connectivity index is -0.0000000150. The van der Waals surface area contributed by atoms with Crippen molar-refractivity contribution in [2.24, 2.45) is 0 Å². The van der Waals surface area contributed by atoms with Crippen LogP contribution in [0.15, 0.2) is 0 Å². The van der Waals surface area contributed by atoms with Crippen LogP contribution in [0.3, 0.4) is 0 Å².